The molecule has 0 radical (unpaired) electrons. The third kappa shape index (κ3) is 3.91. The third-order valence-electron chi connectivity index (χ3n) is 5.04. The molecule has 1 aromatic carbocycles. The van der Waals surface area contributed by atoms with Gasteiger partial charge in [-0.3, -0.25) is 14.6 Å². The molecule has 0 spiro atoms. The van der Waals surface area contributed by atoms with Crippen molar-refractivity contribution in [3.05, 3.63) is 35.9 Å². The number of morpholine rings is 1. The highest BCUT2D eigenvalue weighted by atomic mass is 16.5. The monoisotopic (exact) mass is 317 g/mol. The van der Waals surface area contributed by atoms with Gasteiger partial charge in [-0.25, -0.2) is 0 Å². The molecule has 3 rings (SSSR count). The number of hydrogen-bond acceptors (Lipinski definition) is 4. The minimum atomic E-state index is -0.305. The van der Waals surface area contributed by atoms with E-state index in [9.17, 15) is 4.79 Å². The lowest BCUT2D eigenvalue weighted by atomic mass is 9.97. The first-order chi connectivity index (χ1) is 11.1. The topological polar surface area (TPSA) is 58.8 Å². The first-order valence-electron chi connectivity index (χ1n) is 8.59. The van der Waals surface area contributed by atoms with Crippen LogP contribution in [0.2, 0.25) is 0 Å². The van der Waals surface area contributed by atoms with Crippen LogP contribution >= 0.6 is 0 Å². The minimum Gasteiger partial charge on any atom is -0.376 e. The second-order valence-corrected chi connectivity index (χ2v) is 6.66. The Bertz CT molecular complexity index is 514. The molecule has 5 heteroatoms. The van der Waals surface area contributed by atoms with Crippen molar-refractivity contribution in [2.45, 2.75) is 38.0 Å². The van der Waals surface area contributed by atoms with Gasteiger partial charge in [-0.15, -0.1) is 0 Å². The van der Waals surface area contributed by atoms with Crippen LogP contribution in [0.5, 0.6) is 0 Å². The van der Waals surface area contributed by atoms with Gasteiger partial charge in [0.2, 0.25) is 5.91 Å². The van der Waals surface area contributed by atoms with Gasteiger partial charge >= 0.3 is 0 Å². The average molecular weight is 317 g/mol. The molecule has 0 bridgehead atoms. The van der Waals surface area contributed by atoms with Gasteiger partial charge in [-0.05, 0) is 25.3 Å². The van der Waals surface area contributed by atoms with Gasteiger partial charge in [0.25, 0.3) is 0 Å². The number of hydrogen-bond donors (Lipinski definition) is 1. The summed E-state index contributed by atoms with van der Waals surface area (Å²) in [6.07, 6.45) is 2.50. The van der Waals surface area contributed by atoms with Crippen LogP contribution in [-0.4, -0.2) is 60.6 Å². The number of amides is 1. The molecule has 126 valence electrons. The van der Waals surface area contributed by atoms with Crippen LogP contribution in [0.1, 0.15) is 31.4 Å². The summed E-state index contributed by atoms with van der Waals surface area (Å²) < 4.78 is 5.63. The lowest BCUT2D eigenvalue weighted by molar-refractivity contribution is -0.124. The van der Waals surface area contributed by atoms with E-state index in [0.29, 0.717) is 12.1 Å². The number of rotatable bonds is 4. The number of primary amides is 1. The lowest BCUT2D eigenvalue weighted by Gasteiger charge is -2.43. The predicted octanol–water partition coefficient (Wildman–Crippen LogP) is 1.40. The molecular weight excluding hydrogens is 290 g/mol. The minimum absolute atomic E-state index is 0.255. The Morgan fingerprint density at radius 1 is 1.22 bits per heavy atom. The molecule has 0 aliphatic carbocycles. The molecule has 2 saturated heterocycles. The van der Waals surface area contributed by atoms with Crippen molar-refractivity contribution >= 4 is 5.91 Å². The second kappa shape index (κ2) is 7.43. The molecule has 23 heavy (non-hydrogen) atoms. The summed E-state index contributed by atoms with van der Waals surface area (Å²) in [4.78, 5) is 16.8. The summed E-state index contributed by atoms with van der Waals surface area (Å²) in [6, 6.07) is 10.2. The zero-order valence-corrected chi connectivity index (χ0v) is 13.9. The molecule has 0 saturated carbocycles. The SMILES string of the molecule is C[C@@H]1CN(C2CCN([C@H](C(N)=O)c3ccccc3)CC2)CCO1. The van der Waals surface area contributed by atoms with Crippen molar-refractivity contribution in [3.63, 3.8) is 0 Å². The molecule has 2 heterocycles. The number of piperidine rings is 1. The molecule has 2 aliphatic rings. The van der Waals surface area contributed by atoms with E-state index in [1.54, 1.807) is 0 Å². The molecule has 0 aromatic heterocycles. The maximum Gasteiger partial charge on any atom is 0.239 e. The second-order valence-electron chi connectivity index (χ2n) is 6.66. The normalized spacial score (nSPS) is 26.0. The van der Waals surface area contributed by atoms with Gasteiger partial charge in [-0.1, -0.05) is 30.3 Å². The Hall–Kier alpha value is -1.43. The first kappa shape index (κ1) is 16.4. The fraction of sp³-hybridized carbons (Fsp3) is 0.611. The van der Waals surface area contributed by atoms with Crippen LogP contribution < -0.4 is 5.73 Å². The Morgan fingerprint density at radius 3 is 2.52 bits per heavy atom. The number of likely N-dealkylation sites (tertiary alicyclic amines) is 1. The summed E-state index contributed by atoms with van der Waals surface area (Å²) in [5, 5.41) is 0. The molecule has 2 fully saturated rings. The average Bonchev–Trinajstić information content (AvgIpc) is 2.56. The standard InChI is InChI=1S/C18H27N3O2/c1-14-13-21(11-12-23-14)16-7-9-20(10-8-16)17(18(19)22)15-5-3-2-4-6-15/h2-6,14,16-17H,7-13H2,1H3,(H2,19,22)/t14-,17+/m1/s1. The number of nitrogens with two attached hydrogens (primary N) is 1. The van der Waals surface area contributed by atoms with Gasteiger partial charge in [0.1, 0.15) is 6.04 Å². The summed E-state index contributed by atoms with van der Waals surface area (Å²) >= 11 is 0. The van der Waals surface area contributed by atoms with Crippen LogP contribution in [0.4, 0.5) is 0 Å². The number of carbonyl (C=O) groups is 1. The Labute approximate surface area is 138 Å². The Kier molecular flexibility index (Phi) is 5.30. The van der Waals surface area contributed by atoms with Crippen LogP contribution in [0.25, 0.3) is 0 Å². The van der Waals surface area contributed by atoms with Gasteiger partial charge in [0, 0.05) is 32.2 Å². The van der Waals surface area contributed by atoms with Crippen molar-refractivity contribution < 1.29 is 9.53 Å². The highest BCUT2D eigenvalue weighted by Crippen LogP contribution is 2.27. The van der Waals surface area contributed by atoms with Crippen molar-refractivity contribution in [1.82, 2.24) is 9.80 Å². The largest absolute Gasteiger partial charge is 0.376 e. The van der Waals surface area contributed by atoms with Crippen molar-refractivity contribution in [1.29, 1.82) is 0 Å². The van der Waals surface area contributed by atoms with E-state index in [1.165, 1.54) is 0 Å². The molecule has 1 aromatic rings. The van der Waals surface area contributed by atoms with Gasteiger partial charge in [0.15, 0.2) is 0 Å². The number of carbonyl (C=O) groups excluding carboxylic acids is 1. The predicted molar refractivity (Wildman–Crippen MR) is 90.0 cm³/mol. The highest BCUT2D eigenvalue weighted by Gasteiger charge is 2.32. The molecule has 2 N–H and O–H groups in total. The van der Waals surface area contributed by atoms with Crippen LogP contribution in [0.3, 0.4) is 0 Å². The Morgan fingerprint density at radius 2 is 1.91 bits per heavy atom. The van der Waals surface area contributed by atoms with E-state index < -0.39 is 0 Å². The summed E-state index contributed by atoms with van der Waals surface area (Å²) in [5.41, 5.74) is 6.69. The van der Waals surface area contributed by atoms with E-state index in [-0.39, 0.29) is 11.9 Å². The van der Waals surface area contributed by atoms with Crippen molar-refractivity contribution in [3.8, 4) is 0 Å². The van der Waals surface area contributed by atoms with Gasteiger partial charge < -0.3 is 10.5 Å². The van der Waals surface area contributed by atoms with E-state index in [1.807, 2.05) is 30.3 Å². The Balaban J connectivity index is 1.62. The quantitative estimate of drug-likeness (QED) is 0.912. The van der Waals surface area contributed by atoms with Crippen LogP contribution in [0.15, 0.2) is 30.3 Å². The highest BCUT2D eigenvalue weighted by molar-refractivity contribution is 5.81. The third-order valence-corrected chi connectivity index (χ3v) is 5.04. The number of nitrogens with zero attached hydrogens (tertiary/aromatic N) is 2. The van der Waals surface area contributed by atoms with E-state index >= 15 is 0 Å². The number of benzene rings is 1. The van der Waals surface area contributed by atoms with E-state index in [2.05, 4.69) is 16.7 Å². The zero-order chi connectivity index (χ0) is 16.2. The summed E-state index contributed by atoms with van der Waals surface area (Å²) in [6.45, 7) is 6.84. The first-order valence-corrected chi connectivity index (χ1v) is 8.59. The fourth-order valence-electron chi connectivity index (χ4n) is 3.88. The molecular formula is C18H27N3O2. The molecule has 2 aliphatic heterocycles. The maximum absolute atomic E-state index is 12.0. The van der Waals surface area contributed by atoms with Crippen molar-refractivity contribution in [2.24, 2.45) is 5.73 Å². The zero-order valence-electron chi connectivity index (χ0n) is 13.9. The fourth-order valence-corrected chi connectivity index (χ4v) is 3.88. The van der Waals surface area contributed by atoms with Crippen molar-refractivity contribution in [2.75, 3.05) is 32.8 Å². The van der Waals surface area contributed by atoms with Gasteiger partial charge in [0.05, 0.1) is 12.7 Å². The maximum atomic E-state index is 12.0. The molecule has 2 atom stereocenters. The van der Waals surface area contributed by atoms with E-state index in [0.717, 1.165) is 51.2 Å². The number of ether oxygens (including phenoxy) is 1. The smallest absolute Gasteiger partial charge is 0.239 e. The van der Waals surface area contributed by atoms with Crippen LogP contribution in [-0.2, 0) is 9.53 Å². The van der Waals surface area contributed by atoms with E-state index in [4.69, 9.17) is 10.5 Å². The van der Waals surface area contributed by atoms with Gasteiger partial charge in [-0.2, -0.15) is 0 Å². The summed E-state index contributed by atoms with van der Waals surface area (Å²) in [5.74, 6) is -0.255. The summed E-state index contributed by atoms with van der Waals surface area (Å²) in [7, 11) is 0. The molecule has 1 amide bonds. The lowest BCUT2D eigenvalue weighted by Crippen LogP contribution is -2.52. The molecule has 0 unspecified atom stereocenters. The van der Waals surface area contributed by atoms with Crippen LogP contribution in [0, 0.1) is 0 Å². The molecule has 5 nitrogen and oxygen atoms in total.